The van der Waals surface area contributed by atoms with Crippen LogP contribution >= 0.6 is 22.6 Å². The van der Waals surface area contributed by atoms with E-state index >= 15 is 0 Å². The number of likely N-dealkylation sites (tertiary alicyclic amines) is 1. The van der Waals surface area contributed by atoms with Gasteiger partial charge < -0.3 is 0 Å². The molecule has 2 fully saturated rings. The number of benzene rings is 1. The molecule has 2 nitrogen and oxygen atoms in total. The molecule has 1 aromatic carbocycles. The summed E-state index contributed by atoms with van der Waals surface area (Å²) in [7, 11) is 0. The van der Waals surface area contributed by atoms with E-state index in [1.54, 1.807) is 0 Å². The quantitative estimate of drug-likeness (QED) is 0.598. The van der Waals surface area contributed by atoms with Crippen molar-refractivity contribution in [2.45, 2.75) is 28.7 Å². The van der Waals surface area contributed by atoms with Crippen LogP contribution in [-0.2, 0) is 10.3 Å². The fourth-order valence-corrected chi connectivity index (χ4v) is 4.34. The maximum Gasteiger partial charge on any atom is 0.135 e. The van der Waals surface area contributed by atoms with Gasteiger partial charge in [-0.1, -0.05) is 34.7 Å². The van der Waals surface area contributed by atoms with Gasteiger partial charge in [-0.2, -0.15) is 0 Å². The molecule has 1 aliphatic carbocycles. The molecule has 2 unspecified atom stereocenters. The summed E-state index contributed by atoms with van der Waals surface area (Å²) in [5.41, 5.74) is 1.24. The lowest BCUT2D eigenvalue weighted by molar-refractivity contribution is -0.122. The molecule has 0 aromatic heterocycles. The maximum absolute atomic E-state index is 13.0. The Morgan fingerprint density at radius 3 is 2.28 bits per heavy atom. The van der Waals surface area contributed by atoms with Crippen molar-refractivity contribution in [3.63, 3.8) is 0 Å². The number of carbonyl (C=O) groups excluding carboxylic acids is 1. The standard InChI is InChI=1S/C14H15FINO/c15-11-3-1-10(2-4-11)14(9-13(14)16)17-7-5-12(18)6-8-17/h1-4,13H,5-9H2. The van der Waals surface area contributed by atoms with E-state index in [2.05, 4.69) is 27.5 Å². The van der Waals surface area contributed by atoms with Gasteiger partial charge in [0.2, 0.25) is 0 Å². The SMILES string of the molecule is O=C1CCN(C2(c3ccc(F)cc3)CC2I)CC1. The van der Waals surface area contributed by atoms with Gasteiger partial charge in [0.15, 0.2) is 0 Å². The molecule has 1 aromatic rings. The Morgan fingerprint density at radius 1 is 1.22 bits per heavy atom. The molecular weight excluding hydrogens is 344 g/mol. The second-order valence-electron chi connectivity index (χ2n) is 5.13. The highest BCUT2D eigenvalue weighted by Crippen LogP contribution is 2.56. The highest BCUT2D eigenvalue weighted by atomic mass is 127. The van der Waals surface area contributed by atoms with E-state index in [0.29, 0.717) is 22.5 Å². The zero-order chi connectivity index (χ0) is 12.8. The second-order valence-corrected chi connectivity index (χ2v) is 6.63. The largest absolute Gasteiger partial charge is 0.300 e. The fraction of sp³-hybridized carbons (Fsp3) is 0.500. The molecule has 3 rings (SSSR count). The van der Waals surface area contributed by atoms with Crippen LogP contribution in [0.15, 0.2) is 24.3 Å². The third kappa shape index (κ3) is 1.99. The molecular formula is C14H15FINO. The summed E-state index contributed by atoms with van der Waals surface area (Å²) in [5, 5.41) is 0. The van der Waals surface area contributed by atoms with E-state index in [-0.39, 0.29) is 11.4 Å². The minimum Gasteiger partial charge on any atom is -0.300 e. The molecule has 1 saturated heterocycles. The average Bonchev–Trinajstić information content (AvgIpc) is 3.04. The normalized spacial score (nSPS) is 32.6. The van der Waals surface area contributed by atoms with Crippen LogP contribution in [0.5, 0.6) is 0 Å². The van der Waals surface area contributed by atoms with Crippen LogP contribution in [-0.4, -0.2) is 27.7 Å². The van der Waals surface area contributed by atoms with Gasteiger partial charge in [0.05, 0.1) is 5.54 Å². The first-order valence-electron chi connectivity index (χ1n) is 6.30. The number of nitrogens with zero attached hydrogens (tertiary/aromatic N) is 1. The molecule has 1 saturated carbocycles. The second kappa shape index (κ2) is 4.56. The molecule has 1 heterocycles. The average molecular weight is 359 g/mol. The molecule has 0 bridgehead atoms. The van der Waals surface area contributed by atoms with Gasteiger partial charge >= 0.3 is 0 Å². The number of hydrogen-bond donors (Lipinski definition) is 0. The van der Waals surface area contributed by atoms with Crippen LogP contribution < -0.4 is 0 Å². The molecule has 96 valence electrons. The molecule has 2 aliphatic rings. The van der Waals surface area contributed by atoms with E-state index in [0.717, 1.165) is 19.5 Å². The van der Waals surface area contributed by atoms with Crippen molar-refractivity contribution >= 4 is 28.4 Å². The summed E-state index contributed by atoms with van der Waals surface area (Å²) in [6.07, 6.45) is 2.42. The van der Waals surface area contributed by atoms with Crippen molar-refractivity contribution in [1.82, 2.24) is 4.90 Å². The number of Topliss-reactive ketones (excluding diaryl/α,β-unsaturated/α-hetero) is 1. The zero-order valence-electron chi connectivity index (χ0n) is 10.0. The Kier molecular flexibility index (Phi) is 3.18. The minimum atomic E-state index is -0.187. The van der Waals surface area contributed by atoms with E-state index in [1.807, 2.05) is 12.1 Å². The Labute approximate surface area is 120 Å². The first kappa shape index (κ1) is 12.5. The van der Waals surface area contributed by atoms with Gasteiger partial charge in [-0.25, -0.2) is 4.39 Å². The van der Waals surface area contributed by atoms with E-state index in [9.17, 15) is 9.18 Å². The van der Waals surface area contributed by atoms with Crippen LogP contribution in [0.2, 0.25) is 0 Å². The molecule has 4 heteroatoms. The van der Waals surface area contributed by atoms with E-state index < -0.39 is 0 Å². The Hall–Kier alpha value is -0.490. The number of halogens is 2. The number of ketones is 1. The van der Waals surface area contributed by atoms with Gasteiger partial charge in [0.1, 0.15) is 11.6 Å². The highest BCUT2D eigenvalue weighted by molar-refractivity contribution is 14.1. The van der Waals surface area contributed by atoms with Crippen molar-refractivity contribution < 1.29 is 9.18 Å². The third-order valence-electron chi connectivity index (χ3n) is 4.08. The summed E-state index contributed by atoms with van der Waals surface area (Å²) in [4.78, 5) is 13.8. The van der Waals surface area contributed by atoms with Crippen molar-refractivity contribution in [1.29, 1.82) is 0 Å². The summed E-state index contributed by atoms with van der Waals surface area (Å²) in [6.45, 7) is 1.69. The summed E-state index contributed by atoms with van der Waals surface area (Å²) in [5.74, 6) is 0.180. The first-order valence-corrected chi connectivity index (χ1v) is 7.54. The van der Waals surface area contributed by atoms with Gasteiger partial charge in [-0.3, -0.25) is 9.69 Å². The van der Waals surface area contributed by atoms with Crippen LogP contribution in [0.25, 0.3) is 0 Å². The lowest BCUT2D eigenvalue weighted by Crippen LogP contribution is -2.43. The van der Waals surface area contributed by atoms with Crippen LogP contribution in [0.1, 0.15) is 24.8 Å². The van der Waals surface area contributed by atoms with Crippen molar-refractivity contribution in [3.05, 3.63) is 35.6 Å². The predicted octanol–water partition coefficient (Wildman–Crippen LogP) is 2.89. The molecule has 1 aliphatic heterocycles. The van der Waals surface area contributed by atoms with Gasteiger partial charge in [0, 0.05) is 29.9 Å². The number of piperidine rings is 1. The highest BCUT2D eigenvalue weighted by Gasteiger charge is 2.58. The van der Waals surface area contributed by atoms with Gasteiger partial charge in [-0.05, 0) is 24.1 Å². The van der Waals surface area contributed by atoms with E-state index in [1.165, 1.54) is 17.7 Å². The summed E-state index contributed by atoms with van der Waals surface area (Å²) in [6, 6.07) is 6.86. The first-order chi connectivity index (χ1) is 8.63. The maximum atomic E-state index is 13.0. The lowest BCUT2D eigenvalue weighted by atomic mass is 9.99. The smallest absolute Gasteiger partial charge is 0.135 e. The summed E-state index contributed by atoms with van der Waals surface area (Å²) >= 11 is 2.47. The number of rotatable bonds is 2. The Balaban J connectivity index is 1.87. The Bertz CT molecular complexity index is 465. The fourth-order valence-electron chi connectivity index (χ4n) is 2.92. The molecule has 0 spiro atoms. The zero-order valence-corrected chi connectivity index (χ0v) is 12.2. The van der Waals surface area contributed by atoms with E-state index in [4.69, 9.17) is 0 Å². The molecule has 0 amide bonds. The predicted molar refractivity (Wildman–Crippen MR) is 76.3 cm³/mol. The lowest BCUT2D eigenvalue weighted by Gasteiger charge is -2.35. The van der Waals surface area contributed by atoms with Crippen LogP contribution in [0, 0.1) is 5.82 Å². The van der Waals surface area contributed by atoms with Crippen molar-refractivity contribution in [2.24, 2.45) is 0 Å². The third-order valence-corrected chi connectivity index (χ3v) is 5.55. The number of carbonyl (C=O) groups is 1. The van der Waals surface area contributed by atoms with Crippen LogP contribution in [0.3, 0.4) is 0 Å². The minimum absolute atomic E-state index is 0.0506. The number of alkyl halides is 1. The summed E-state index contributed by atoms with van der Waals surface area (Å²) < 4.78 is 13.6. The molecule has 0 N–H and O–H groups in total. The van der Waals surface area contributed by atoms with Crippen LogP contribution in [0.4, 0.5) is 4.39 Å². The molecule has 0 radical (unpaired) electrons. The molecule has 2 atom stereocenters. The topological polar surface area (TPSA) is 20.3 Å². The molecule has 18 heavy (non-hydrogen) atoms. The number of hydrogen-bond acceptors (Lipinski definition) is 2. The van der Waals surface area contributed by atoms with Crippen molar-refractivity contribution in [2.75, 3.05) is 13.1 Å². The van der Waals surface area contributed by atoms with Crippen molar-refractivity contribution in [3.8, 4) is 0 Å². The van der Waals surface area contributed by atoms with Gasteiger partial charge in [-0.15, -0.1) is 0 Å². The monoisotopic (exact) mass is 359 g/mol. The van der Waals surface area contributed by atoms with Gasteiger partial charge in [0.25, 0.3) is 0 Å². The Morgan fingerprint density at radius 2 is 1.78 bits per heavy atom.